The summed E-state index contributed by atoms with van der Waals surface area (Å²) in [6, 6.07) is 0. The molecular weight excluding hydrogens is 214 g/mol. The van der Waals surface area contributed by atoms with Gasteiger partial charge in [-0.1, -0.05) is 65.1 Å². The van der Waals surface area contributed by atoms with Crippen molar-refractivity contribution in [2.24, 2.45) is 0 Å². The van der Waals surface area contributed by atoms with Gasteiger partial charge in [0.2, 0.25) is 0 Å². The quantitative estimate of drug-likeness (QED) is 0.591. The highest BCUT2D eigenvalue weighted by atomic mass is 35.5. The summed E-state index contributed by atoms with van der Waals surface area (Å²) in [6.45, 7) is 3.46. The molecule has 0 aromatic carbocycles. The van der Waals surface area contributed by atoms with Crippen LogP contribution >= 0.6 is 46.4 Å². The van der Waals surface area contributed by atoms with Crippen molar-refractivity contribution in [3.05, 3.63) is 24.3 Å². The third kappa shape index (κ3) is 0.984. The number of hydrogen-bond donors (Lipinski definition) is 0. The van der Waals surface area contributed by atoms with Crippen LogP contribution in [0.2, 0.25) is 0 Å². The van der Waals surface area contributed by atoms with Crippen molar-refractivity contribution in [1.82, 2.24) is 0 Å². The Morgan fingerprint density at radius 2 is 1.50 bits per heavy atom. The molecule has 0 amide bonds. The van der Waals surface area contributed by atoms with E-state index in [-0.39, 0.29) is 0 Å². The molecule has 0 unspecified atom stereocenters. The summed E-state index contributed by atoms with van der Waals surface area (Å²) in [4.78, 5) is 0. The van der Waals surface area contributed by atoms with E-state index in [0.717, 1.165) is 0 Å². The second-order valence-corrected chi connectivity index (χ2v) is 4.62. The molecule has 1 saturated carbocycles. The minimum absolute atomic E-state index is 0.585. The van der Waals surface area contributed by atoms with Gasteiger partial charge in [-0.15, -0.1) is 0 Å². The van der Waals surface area contributed by atoms with E-state index in [9.17, 15) is 0 Å². The second kappa shape index (κ2) is 2.31. The van der Waals surface area contributed by atoms with Crippen molar-refractivity contribution in [2.45, 2.75) is 8.67 Å². The minimum Gasteiger partial charge on any atom is -0.0991 e. The molecule has 0 nitrogen and oxygen atoms in total. The Morgan fingerprint density at radius 3 is 1.60 bits per heavy atom. The molecule has 0 aromatic heterocycles. The smallest absolute Gasteiger partial charge is 0.0991 e. The first-order chi connectivity index (χ1) is 4.44. The SMILES string of the molecule is C=CC=C1C(Cl)(Cl)C1(Cl)Cl. The van der Waals surface area contributed by atoms with Gasteiger partial charge in [0.05, 0.1) is 0 Å². The number of alkyl halides is 4. The van der Waals surface area contributed by atoms with Crippen LogP contribution in [-0.2, 0) is 0 Å². The van der Waals surface area contributed by atoms with Gasteiger partial charge in [-0.2, -0.15) is 0 Å². The maximum atomic E-state index is 5.66. The molecule has 0 aromatic rings. The Morgan fingerprint density at radius 1 is 1.10 bits per heavy atom. The largest absolute Gasteiger partial charge is 0.179 e. The molecule has 10 heavy (non-hydrogen) atoms. The predicted octanol–water partition coefficient (Wildman–Crippen LogP) is 3.46. The lowest BCUT2D eigenvalue weighted by atomic mass is 10.5. The molecule has 1 fully saturated rings. The highest BCUT2D eigenvalue weighted by molar-refractivity contribution is 6.72. The monoisotopic (exact) mass is 216 g/mol. The third-order valence-corrected chi connectivity index (χ3v) is 3.63. The molecule has 4 heteroatoms. The van der Waals surface area contributed by atoms with Crippen molar-refractivity contribution in [3.63, 3.8) is 0 Å². The van der Waals surface area contributed by atoms with E-state index < -0.39 is 8.67 Å². The van der Waals surface area contributed by atoms with E-state index in [4.69, 9.17) is 46.4 Å². The average molecular weight is 218 g/mol. The molecule has 1 rings (SSSR count). The van der Waals surface area contributed by atoms with Crippen LogP contribution in [0.3, 0.4) is 0 Å². The summed E-state index contributed by atoms with van der Waals surface area (Å²) in [5, 5.41) is 0. The zero-order valence-electron chi connectivity index (χ0n) is 4.87. The van der Waals surface area contributed by atoms with Crippen LogP contribution < -0.4 is 0 Å². The summed E-state index contributed by atoms with van der Waals surface area (Å²) in [5.74, 6) is 0. The van der Waals surface area contributed by atoms with Crippen LogP contribution in [0.15, 0.2) is 24.3 Å². The summed E-state index contributed by atoms with van der Waals surface area (Å²) in [6.07, 6.45) is 3.15. The van der Waals surface area contributed by atoms with Gasteiger partial charge in [0, 0.05) is 5.57 Å². The van der Waals surface area contributed by atoms with Gasteiger partial charge in [-0.3, -0.25) is 0 Å². The van der Waals surface area contributed by atoms with E-state index in [1.165, 1.54) is 0 Å². The Balaban J connectivity index is 2.91. The van der Waals surface area contributed by atoms with Crippen LogP contribution in [0.1, 0.15) is 0 Å². The zero-order chi connectivity index (χ0) is 7.99. The fourth-order valence-corrected chi connectivity index (χ4v) is 1.87. The number of rotatable bonds is 1. The van der Waals surface area contributed by atoms with E-state index in [2.05, 4.69) is 6.58 Å². The molecule has 0 bridgehead atoms. The summed E-state index contributed by atoms with van der Waals surface area (Å²) >= 11 is 22.7. The first-order valence-corrected chi connectivity index (χ1v) is 4.05. The fraction of sp³-hybridized carbons (Fsp3) is 0.333. The van der Waals surface area contributed by atoms with Crippen LogP contribution in [0.25, 0.3) is 0 Å². The molecule has 1 aliphatic rings. The van der Waals surface area contributed by atoms with Gasteiger partial charge in [0.15, 0.2) is 8.67 Å². The number of halogens is 4. The van der Waals surface area contributed by atoms with Crippen LogP contribution in [-0.4, -0.2) is 8.67 Å². The molecule has 1 aliphatic carbocycles. The lowest BCUT2D eigenvalue weighted by Gasteiger charge is -1.92. The minimum atomic E-state index is -1.12. The molecule has 0 spiro atoms. The van der Waals surface area contributed by atoms with Gasteiger partial charge in [-0.25, -0.2) is 0 Å². The van der Waals surface area contributed by atoms with Crippen molar-refractivity contribution >= 4 is 46.4 Å². The zero-order valence-corrected chi connectivity index (χ0v) is 7.90. The van der Waals surface area contributed by atoms with Gasteiger partial charge in [0.25, 0.3) is 0 Å². The second-order valence-electron chi connectivity index (χ2n) is 1.96. The Bertz CT molecular complexity index is 186. The third-order valence-electron chi connectivity index (χ3n) is 1.29. The number of allylic oxidation sites excluding steroid dienone is 3. The van der Waals surface area contributed by atoms with Crippen molar-refractivity contribution < 1.29 is 0 Å². The molecule has 0 radical (unpaired) electrons. The van der Waals surface area contributed by atoms with Crippen LogP contribution in [0.5, 0.6) is 0 Å². The van der Waals surface area contributed by atoms with Crippen molar-refractivity contribution in [3.8, 4) is 0 Å². The lowest BCUT2D eigenvalue weighted by Crippen LogP contribution is -1.96. The van der Waals surface area contributed by atoms with E-state index in [1.54, 1.807) is 12.2 Å². The van der Waals surface area contributed by atoms with Crippen LogP contribution in [0.4, 0.5) is 0 Å². The highest BCUT2D eigenvalue weighted by Crippen LogP contribution is 2.68. The molecule has 0 saturated heterocycles. The van der Waals surface area contributed by atoms with E-state index in [1.807, 2.05) is 0 Å². The first-order valence-electron chi connectivity index (χ1n) is 2.54. The number of hydrogen-bond acceptors (Lipinski definition) is 0. The average Bonchev–Trinajstić information content (AvgIpc) is 2.13. The van der Waals surface area contributed by atoms with E-state index >= 15 is 0 Å². The lowest BCUT2D eigenvalue weighted by molar-refractivity contribution is 1.29. The van der Waals surface area contributed by atoms with Gasteiger partial charge < -0.3 is 0 Å². The normalized spacial score (nSPS) is 25.8. The van der Waals surface area contributed by atoms with Crippen molar-refractivity contribution in [1.29, 1.82) is 0 Å². The maximum Gasteiger partial charge on any atom is 0.179 e. The van der Waals surface area contributed by atoms with Gasteiger partial charge in [-0.05, 0) is 0 Å². The molecule has 0 heterocycles. The topological polar surface area (TPSA) is 0 Å². The Labute approximate surface area is 79.4 Å². The Kier molecular flexibility index (Phi) is 2.02. The molecular formula is C6H4Cl4. The maximum absolute atomic E-state index is 5.66. The molecule has 56 valence electrons. The van der Waals surface area contributed by atoms with Gasteiger partial charge in [0.1, 0.15) is 0 Å². The summed E-state index contributed by atoms with van der Waals surface area (Å²) in [7, 11) is 0. The molecule has 0 atom stereocenters. The first kappa shape index (κ1) is 8.73. The fourth-order valence-electron chi connectivity index (χ4n) is 0.638. The van der Waals surface area contributed by atoms with Gasteiger partial charge >= 0.3 is 0 Å². The van der Waals surface area contributed by atoms with Crippen LogP contribution in [0, 0.1) is 0 Å². The Hall–Kier alpha value is 0.640. The summed E-state index contributed by atoms with van der Waals surface area (Å²) < 4.78 is -2.24. The van der Waals surface area contributed by atoms with Crippen molar-refractivity contribution in [2.75, 3.05) is 0 Å². The standard InChI is InChI=1S/C6H4Cl4/c1-2-3-4-5(7,8)6(4,9)10/h2-3H,1H2. The summed E-state index contributed by atoms with van der Waals surface area (Å²) in [5.41, 5.74) is 0.585. The predicted molar refractivity (Wildman–Crippen MR) is 47.2 cm³/mol. The van der Waals surface area contributed by atoms with E-state index in [0.29, 0.717) is 5.57 Å². The molecule has 0 aliphatic heterocycles. The molecule has 0 N–H and O–H groups in total. The highest BCUT2D eigenvalue weighted by Gasteiger charge is 2.70.